The monoisotopic (exact) mass is 400 g/mol. The summed E-state index contributed by atoms with van der Waals surface area (Å²) in [4.78, 5) is 28.1. The molecule has 0 bridgehead atoms. The van der Waals surface area contributed by atoms with E-state index in [4.69, 9.17) is 4.74 Å². The molecule has 2 rings (SSSR count). The molecule has 0 spiro atoms. The van der Waals surface area contributed by atoms with E-state index in [1.54, 1.807) is 18.9 Å². The van der Waals surface area contributed by atoms with Gasteiger partial charge in [0.15, 0.2) is 0 Å². The molecule has 150 valence electrons. The Kier molecular flexibility index (Phi) is 8.88. The van der Waals surface area contributed by atoms with Gasteiger partial charge >= 0.3 is 0 Å². The molecule has 0 heterocycles. The minimum atomic E-state index is -0.544. The Balaban J connectivity index is 2.11. The lowest BCUT2D eigenvalue weighted by molar-refractivity contribution is -0.138. The number of hydrogen-bond donors (Lipinski definition) is 1. The highest BCUT2D eigenvalue weighted by molar-refractivity contribution is 8.00. The van der Waals surface area contributed by atoms with Gasteiger partial charge in [-0.2, -0.15) is 0 Å². The van der Waals surface area contributed by atoms with Crippen molar-refractivity contribution in [3.05, 3.63) is 60.2 Å². The van der Waals surface area contributed by atoms with Gasteiger partial charge in [-0.25, -0.2) is 0 Å². The summed E-state index contributed by atoms with van der Waals surface area (Å²) in [5.41, 5.74) is 0.953. The van der Waals surface area contributed by atoms with Crippen molar-refractivity contribution in [3.63, 3.8) is 0 Å². The third-order valence-corrected chi connectivity index (χ3v) is 5.33. The van der Waals surface area contributed by atoms with Gasteiger partial charge in [0.05, 0.1) is 12.9 Å². The number of nitrogens with zero attached hydrogens (tertiary/aromatic N) is 1. The molecule has 6 heteroatoms. The number of ether oxygens (including phenoxy) is 1. The normalized spacial score (nSPS) is 11.5. The first kappa shape index (κ1) is 21.8. The lowest BCUT2D eigenvalue weighted by Crippen LogP contribution is -2.48. The zero-order valence-corrected chi connectivity index (χ0v) is 17.5. The van der Waals surface area contributed by atoms with Crippen molar-refractivity contribution in [2.45, 2.75) is 37.8 Å². The molecule has 2 amide bonds. The van der Waals surface area contributed by atoms with E-state index in [2.05, 4.69) is 5.32 Å². The van der Waals surface area contributed by atoms with E-state index in [1.807, 2.05) is 61.5 Å². The molecule has 28 heavy (non-hydrogen) atoms. The zero-order chi connectivity index (χ0) is 20.4. The van der Waals surface area contributed by atoms with Gasteiger partial charge in [-0.1, -0.05) is 37.3 Å². The molecule has 0 aromatic heterocycles. The molecular weight excluding hydrogens is 372 g/mol. The van der Waals surface area contributed by atoms with Crippen molar-refractivity contribution in [1.29, 1.82) is 0 Å². The Bertz CT molecular complexity index is 750. The second kappa shape index (κ2) is 11.4. The summed E-state index contributed by atoms with van der Waals surface area (Å²) >= 11 is 1.48. The fraction of sp³-hybridized carbons (Fsp3) is 0.364. The van der Waals surface area contributed by atoms with E-state index >= 15 is 0 Å². The van der Waals surface area contributed by atoms with Crippen LogP contribution in [0.15, 0.2) is 59.5 Å². The molecule has 1 N–H and O–H groups in total. The van der Waals surface area contributed by atoms with Crippen LogP contribution in [0.5, 0.6) is 5.75 Å². The van der Waals surface area contributed by atoms with Crippen molar-refractivity contribution >= 4 is 23.6 Å². The number of nitrogens with one attached hydrogen (secondary N) is 1. The summed E-state index contributed by atoms with van der Waals surface area (Å²) in [7, 11) is 1.62. The average Bonchev–Trinajstić information content (AvgIpc) is 2.74. The Morgan fingerprint density at radius 2 is 1.79 bits per heavy atom. The highest BCUT2D eigenvalue weighted by Crippen LogP contribution is 2.20. The molecule has 2 aromatic carbocycles. The lowest BCUT2D eigenvalue weighted by Gasteiger charge is -2.28. The van der Waals surface area contributed by atoms with Gasteiger partial charge in [-0.3, -0.25) is 9.59 Å². The Morgan fingerprint density at radius 3 is 2.39 bits per heavy atom. The fourth-order valence-corrected chi connectivity index (χ4v) is 3.46. The third-order valence-electron chi connectivity index (χ3n) is 4.33. The van der Waals surface area contributed by atoms with Crippen LogP contribution in [0.1, 0.15) is 25.8 Å². The molecule has 0 radical (unpaired) electrons. The molecule has 0 aliphatic rings. The van der Waals surface area contributed by atoms with Gasteiger partial charge in [0.2, 0.25) is 11.8 Å². The molecule has 0 unspecified atom stereocenters. The highest BCUT2D eigenvalue weighted by Gasteiger charge is 2.25. The van der Waals surface area contributed by atoms with Crippen LogP contribution in [-0.4, -0.2) is 42.2 Å². The third kappa shape index (κ3) is 6.60. The van der Waals surface area contributed by atoms with Crippen molar-refractivity contribution in [2.24, 2.45) is 0 Å². The predicted octanol–water partition coefficient (Wildman–Crippen LogP) is 3.73. The summed E-state index contributed by atoms with van der Waals surface area (Å²) < 4.78 is 5.19. The molecule has 0 saturated heterocycles. The van der Waals surface area contributed by atoms with E-state index < -0.39 is 6.04 Å². The molecule has 0 aliphatic heterocycles. The molecule has 0 aliphatic carbocycles. The van der Waals surface area contributed by atoms with Crippen LogP contribution in [-0.2, 0) is 16.1 Å². The molecule has 5 nitrogen and oxygen atoms in total. The van der Waals surface area contributed by atoms with Gasteiger partial charge < -0.3 is 15.0 Å². The second-order valence-electron chi connectivity index (χ2n) is 6.44. The van der Waals surface area contributed by atoms with E-state index in [-0.39, 0.29) is 17.6 Å². The van der Waals surface area contributed by atoms with Crippen molar-refractivity contribution in [2.75, 3.05) is 19.4 Å². The molecule has 1 atom stereocenters. The fourth-order valence-electron chi connectivity index (χ4n) is 2.65. The van der Waals surface area contributed by atoms with E-state index in [1.165, 1.54) is 11.8 Å². The quantitative estimate of drug-likeness (QED) is 0.618. The van der Waals surface area contributed by atoms with Crippen molar-refractivity contribution in [1.82, 2.24) is 10.2 Å². The van der Waals surface area contributed by atoms with Crippen LogP contribution < -0.4 is 10.1 Å². The maximum absolute atomic E-state index is 13.0. The number of benzene rings is 2. The number of methoxy groups -OCH3 is 1. The minimum Gasteiger partial charge on any atom is -0.497 e. The van der Waals surface area contributed by atoms with Gasteiger partial charge in [0, 0.05) is 18.0 Å². The maximum Gasteiger partial charge on any atom is 0.242 e. The summed E-state index contributed by atoms with van der Waals surface area (Å²) in [6.45, 7) is 4.76. The number of amides is 2. The van der Waals surface area contributed by atoms with E-state index in [0.29, 0.717) is 13.1 Å². The largest absolute Gasteiger partial charge is 0.497 e. The number of thioether (sulfide) groups is 1. The van der Waals surface area contributed by atoms with Crippen LogP contribution in [0.3, 0.4) is 0 Å². The summed E-state index contributed by atoms with van der Waals surface area (Å²) in [6, 6.07) is 16.8. The van der Waals surface area contributed by atoms with Gasteiger partial charge in [-0.05, 0) is 43.2 Å². The first-order valence-electron chi connectivity index (χ1n) is 9.43. The van der Waals surface area contributed by atoms with E-state index in [0.717, 1.165) is 22.6 Å². The molecule has 2 aromatic rings. The highest BCUT2D eigenvalue weighted by atomic mass is 32.2. The summed E-state index contributed by atoms with van der Waals surface area (Å²) in [5, 5.41) is 2.89. The lowest BCUT2D eigenvalue weighted by atomic mass is 10.1. The molecule has 0 fully saturated rings. The van der Waals surface area contributed by atoms with Crippen molar-refractivity contribution in [3.8, 4) is 5.75 Å². The standard InChI is InChI=1S/C22H28N2O3S/c1-4-14-23-22(26)17(2)24(15-18-10-12-19(27-3)13-11-18)21(25)16-28-20-8-6-5-7-9-20/h5-13,17H,4,14-16H2,1-3H3,(H,23,26)/t17-/m1/s1. The van der Waals surface area contributed by atoms with Crippen molar-refractivity contribution < 1.29 is 14.3 Å². The number of hydrogen-bond acceptors (Lipinski definition) is 4. The second-order valence-corrected chi connectivity index (χ2v) is 7.49. The summed E-state index contributed by atoms with van der Waals surface area (Å²) in [5.74, 6) is 0.846. The van der Waals surface area contributed by atoms with Crippen LogP contribution in [0.4, 0.5) is 0 Å². The van der Waals surface area contributed by atoms with Crippen LogP contribution >= 0.6 is 11.8 Å². The number of carbonyl (C=O) groups excluding carboxylic acids is 2. The van der Waals surface area contributed by atoms with E-state index in [9.17, 15) is 9.59 Å². The topological polar surface area (TPSA) is 58.6 Å². The van der Waals surface area contributed by atoms with Crippen LogP contribution in [0, 0.1) is 0 Å². The van der Waals surface area contributed by atoms with Gasteiger partial charge in [-0.15, -0.1) is 11.8 Å². The van der Waals surface area contributed by atoms with Crippen LogP contribution in [0.2, 0.25) is 0 Å². The Labute approximate surface area is 171 Å². The SMILES string of the molecule is CCCNC(=O)[C@@H](C)N(Cc1ccc(OC)cc1)C(=O)CSc1ccccc1. The van der Waals surface area contributed by atoms with Gasteiger partial charge in [0.25, 0.3) is 0 Å². The smallest absolute Gasteiger partial charge is 0.242 e. The maximum atomic E-state index is 13.0. The first-order valence-corrected chi connectivity index (χ1v) is 10.4. The number of carbonyl (C=O) groups is 2. The molecular formula is C22H28N2O3S. The average molecular weight is 401 g/mol. The molecule has 0 saturated carbocycles. The zero-order valence-electron chi connectivity index (χ0n) is 16.7. The number of rotatable bonds is 10. The Morgan fingerprint density at radius 1 is 1.11 bits per heavy atom. The Hall–Kier alpha value is -2.47. The predicted molar refractivity (Wildman–Crippen MR) is 113 cm³/mol. The summed E-state index contributed by atoms with van der Waals surface area (Å²) in [6.07, 6.45) is 0.856. The minimum absolute atomic E-state index is 0.0659. The van der Waals surface area contributed by atoms with Crippen LogP contribution in [0.25, 0.3) is 0 Å². The van der Waals surface area contributed by atoms with Gasteiger partial charge in [0.1, 0.15) is 11.8 Å². The first-order chi connectivity index (χ1) is 13.5.